The summed E-state index contributed by atoms with van der Waals surface area (Å²) in [6.07, 6.45) is 0. The number of carboxylic acid groups (broad SMARTS) is 1. The zero-order chi connectivity index (χ0) is 9.14. The Bertz CT molecular complexity index is 370. The lowest BCUT2D eigenvalue weighted by Crippen LogP contribution is -2.22. The highest BCUT2D eigenvalue weighted by Gasteiger charge is 2.13. The minimum absolute atomic E-state index is 0.0700. The van der Waals surface area contributed by atoms with E-state index in [-0.39, 0.29) is 16.3 Å². The van der Waals surface area contributed by atoms with Gasteiger partial charge in [0.2, 0.25) is 5.39 Å². The van der Waals surface area contributed by atoms with Gasteiger partial charge in [-0.05, 0) is 12.1 Å². The number of hydrogen-bond donors (Lipinski definition) is 0. The van der Waals surface area contributed by atoms with Crippen LogP contribution in [0.5, 0.6) is 0 Å². The van der Waals surface area contributed by atoms with Gasteiger partial charge in [-0.1, -0.05) is 11.6 Å². The van der Waals surface area contributed by atoms with Crippen LogP contribution in [0.15, 0.2) is 18.2 Å². The lowest BCUT2D eigenvalue weighted by Gasteiger charge is -1.97. The monoisotopic (exact) mass is 182 g/mol. The summed E-state index contributed by atoms with van der Waals surface area (Å²) in [7, 11) is 0. The number of halogens is 1. The normalized spacial score (nSPS) is 9.00. The summed E-state index contributed by atoms with van der Waals surface area (Å²) < 4.78 is 0. The van der Waals surface area contributed by atoms with Gasteiger partial charge in [-0.2, -0.15) is 0 Å². The van der Waals surface area contributed by atoms with Gasteiger partial charge < -0.3 is 9.90 Å². The van der Waals surface area contributed by atoms with E-state index in [1.54, 1.807) is 0 Å². The van der Waals surface area contributed by atoms with Gasteiger partial charge in [-0.25, -0.2) is 0 Å². The molecule has 0 amide bonds. The molecule has 0 aromatic heterocycles. The molecule has 0 fully saturated rings. The number of aromatic carboxylic acids is 1. The number of nitrogens with zero attached hydrogens (tertiary/aromatic N) is 2. The molecule has 0 heterocycles. The van der Waals surface area contributed by atoms with Crippen LogP contribution in [0, 0.1) is 5.39 Å². The lowest BCUT2D eigenvalue weighted by atomic mass is 10.2. The molecular weight excluding hydrogens is 180 g/mol. The van der Waals surface area contributed by atoms with E-state index in [0.29, 0.717) is 0 Å². The van der Waals surface area contributed by atoms with E-state index in [1.165, 1.54) is 12.1 Å². The number of hydrogen-bond acceptors (Lipinski definition) is 3. The van der Waals surface area contributed by atoms with E-state index in [4.69, 9.17) is 17.0 Å². The third-order valence-electron chi connectivity index (χ3n) is 1.29. The highest BCUT2D eigenvalue weighted by Crippen LogP contribution is 2.22. The third-order valence-corrected chi connectivity index (χ3v) is 1.52. The maximum Gasteiger partial charge on any atom is 0.394 e. The van der Waals surface area contributed by atoms with Crippen LogP contribution in [0.4, 0.5) is 5.69 Å². The van der Waals surface area contributed by atoms with Crippen molar-refractivity contribution in [2.45, 2.75) is 0 Å². The molecule has 0 bridgehead atoms. The van der Waals surface area contributed by atoms with Crippen molar-refractivity contribution < 1.29 is 9.90 Å². The Morgan fingerprint density at radius 2 is 2.25 bits per heavy atom. The van der Waals surface area contributed by atoms with Crippen LogP contribution < -0.4 is 5.11 Å². The maximum absolute atomic E-state index is 10.4. The molecular formula is C7H3ClN2O2. The first-order chi connectivity index (χ1) is 5.65. The first kappa shape index (κ1) is 8.50. The molecule has 0 aliphatic carbocycles. The molecule has 0 aliphatic rings. The van der Waals surface area contributed by atoms with Crippen LogP contribution in [0.2, 0.25) is 5.02 Å². The minimum Gasteiger partial charge on any atom is -0.545 e. The molecule has 0 unspecified atom stereocenters. The van der Waals surface area contributed by atoms with Crippen molar-refractivity contribution in [3.05, 3.63) is 33.8 Å². The second-order valence-electron chi connectivity index (χ2n) is 2.05. The lowest BCUT2D eigenvalue weighted by molar-refractivity contribution is -0.254. The van der Waals surface area contributed by atoms with Crippen molar-refractivity contribution in [3.63, 3.8) is 0 Å². The zero-order valence-corrected chi connectivity index (χ0v) is 6.58. The molecule has 1 aromatic rings. The van der Waals surface area contributed by atoms with Crippen LogP contribution in [-0.4, -0.2) is 5.97 Å². The number of rotatable bonds is 1. The SMILES string of the molecule is N#[N+]c1ccc(Cl)cc1C(=O)[O-]. The van der Waals surface area contributed by atoms with E-state index < -0.39 is 5.97 Å². The minimum atomic E-state index is -1.43. The molecule has 0 saturated heterocycles. The standard InChI is InChI=1S/C7H3ClN2O2/c8-4-1-2-6(10-9)5(3-4)7(11)12/h1-3H. The van der Waals surface area contributed by atoms with Crippen molar-refractivity contribution in [2.24, 2.45) is 0 Å². The molecule has 0 radical (unpaired) electrons. The highest BCUT2D eigenvalue weighted by atomic mass is 35.5. The predicted molar refractivity (Wildman–Crippen MR) is 40.5 cm³/mol. The number of carbonyl (C=O) groups is 1. The molecule has 60 valence electrons. The summed E-state index contributed by atoms with van der Waals surface area (Å²) in [4.78, 5) is 13.1. The van der Waals surface area contributed by atoms with Crippen molar-refractivity contribution in [2.75, 3.05) is 0 Å². The second-order valence-corrected chi connectivity index (χ2v) is 2.49. The number of diazo groups is 1. The summed E-state index contributed by atoms with van der Waals surface area (Å²) in [5, 5.41) is 19.0. The summed E-state index contributed by atoms with van der Waals surface area (Å²) in [6.45, 7) is 0. The van der Waals surface area contributed by atoms with Gasteiger partial charge in [0.15, 0.2) is 4.98 Å². The summed E-state index contributed by atoms with van der Waals surface area (Å²) in [6, 6.07) is 3.86. The fourth-order valence-electron chi connectivity index (χ4n) is 0.759. The summed E-state index contributed by atoms with van der Waals surface area (Å²) in [5.41, 5.74) is -0.301. The quantitative estimate of drug-likeness (QED) is 0.613. The molecule has 0 atom stereocenters. The topological polar surface area (TPSA) is 68.3 Å². The molecule has 1 rings (SSSR count). The first-order valence-corrected chi connectivity index (χ1v) is 3.39. The second kappa shape index (κ2) is 3.20. The Balaban J connectivity index is 3.34. The van der Waals surface area contributed by atoms with Crippen LogP contribution in [0.25, 0.3) is 4.98 Å². The number of benzene rings is 1. The Labute approximate surface area is 73.0 Å². The summed E-state index contributed by atoms with van der Waals surface area (Å²) >= 11 is 5.50. The Kier molecular flexibility index (Phi) is 2.26. The van der Waals surface area contributed by atoms with E-state index >= 15 is 0 Å². The molecule has 0 saturated carbocycles. The highest BCUT2D eigenvalue weighted by molar-refractivity contribution is 6.31. The molecule has 1 aromatic carbocycles. The Morgan fingerprint density at radius 3 is 2.75 bits per heavy atom. The average Bonchev–Trinajstić information content (AvgIpc) is 2.04. The molecule has 5 heteroatoms. The summed E-state index contributed by atoms with van der Waals surface area (Å²) in [5.74, 6) is -1.43. The molecule has 12 heavy (non-hydrogen) atoms. The fraction of sp³-hybridized carbons (Fsp3) is 0. The van der Waals surface area contributed by atoms with Gasteiger partial charge in [0, 0.05) is 11.1 Å². The van der Waals surface area contributed by atoms with Crippen LogP contribution in [-0.2, 0) is 0 Å². The van der Waals surface area contributed by atoms with E-state index in [1.807, 2.05) is 0 Å². The Hall–Kier alpha value is -1.60. The van der Waals surface area contributed by atoms with Gasteiger partial charge in [-0.3, -0.25) is 0 Å². The van der Waals surface area contributed by atoms with Crippen molar-refractivity contribution in [3.8, 4) is 0 Å². The van der Waals surface area contributed by atoms with Gasteiger partial charge >= 0.3 is 5.69 Å². The van der Waals surface area contributed by atoms with Crippen molar-refractivity contribution in [1.82, 2.24) is 0 Å². The molecule has 0 aliphatic heterocycles. The Morgan fingerprint density at radius 1 is 1.58 bits per heavy atom. The molecule has 0 N–H and O–H groups in total. The smallest absolute Gasteiger partial charge is 0.394 e. The van der Waals surface area contributed by atoms with Crippen LogP contribution in [0.1, 0.15) is 10.4 Å². The zero-order valence-electron chi connectivity index (χ0n) is 5.82. The third kappa shape index (κ3) is 1.52. The predicted octanol–water partition coefficient (Wildman–Crippen LogP) is 1.19. The van der Waals surface area contributed by atoms with Gasteiger partial charge in [0.25, 0.3) is 0 Å². The molecule has 4 nitrogen and oxygen atoms in total. The van der Waals surface area contributed by atoms with Crippen molar-refractivity contribution >= 4 is 23.3 Å². The van der Waals surface area contributed by atoms with E-state index in [0.717, 1.165) is 6.07 Å². The first-order valence-electron chi connectivity index (χ1n) is 3.01. The van der Waals surface area contributed by atoms with E-state index in [9.17, 15) is 9.90 Å². The van der Waals surface area contributed by atoms with Crippen molar-refractivity contribution in [1.29, 1.82) is 5.39 Å². The van der Waals surface area contributed by atoms with Gasteiger partial charge in [-0.15, -0.1) is 0 Å². The molecule has 0 spiro atoms. The average molecular weight is 183 g/mol. The van der Waals surface area contributed by atoms with E-state index in [2.05, 4.69) is 4.98 Å². The largest absolute Gasteiger partial charge is 0.545 e. The fourth-order valence-corrected chi connectivity index (χ4v) is 0.931. The maximum atomic E-state index is 10.4. The van der Waals surface area contributed by atoms with Gasteiger partial charge in [0.05, 0.1) is 11.5 Å². The van der Waals surface area contributed by atoms with Crippen LogP contribution >= 0.6 is 11.6 Å². The van der Waals surface area contributed by atoms with Crippen LogP contribution in [0.3, 0.4) is 0 Å². The van der Waals surface area contributed by atoms with Gasteiger partial charge in [0.1, 0.15) is 0 Å². The number of carbonyl (C=O) groups excluding carboxylic acids is 1. The number of carboxylic acids is 1.